The minimum Gasteiger partial charge on any atom is -0.171 e. The van der Waals surface area contributed by atoms with E-state index < -0.39 is 0 Å². The van der Waals surface area contributed by atoms with Crippen molar-refractivity contribution in [2.24, 2.45) is 0 Å². The van der Waals surface area contributed by atoms with E-state index in [2.05, 4.69) is 38.8 Å². The van der Waals surface area contributed by atoms with Gasteiger partial charge in [0.05, 0.1) is 0 Å². The van der Waals surface area contributed by atoms with Gasteiger partial charge < -0.3 is 0 Å². The molecule has 0 amide bonds. The zero-order valence-corrected chi connectivity index (χ0v) is 6.88. The van der Waals surface area contributed by atoms with Crippen LogP contribution in [0.2, 0.25) is 0 Å². The van der Waals surface area contributed by atoms with Crippen molar-refractivity contribution in [3.8, 4) is 0 Å². The van der Waals surface area contributed by atoms with Crippen molar-refractivity contribution < 1.29 is 0 Å². The first-order valence-electron chi connectivity index (χ1n) is 2.74. The Balaban J connectivity index is 3.32. The van der Waals surface area contributed by atoms with Gasteiger partial charge in [-0.15, -0.1) is 12.6 Å². The van der Waals surface area contributed by atoms with Crippen LogP contribution in [0.3, 0.4) is 0 Å². The summed E-state index contributed by atoms with van der Waals surface area (Å²) in [5, 5.41) is 0.281. The maximum atomic E-state index is 4.23. The van der Waals surface area contributed by atoms with Crippen molar-refractivity contribution in [2.75, 3.05) is 0 Å². The average Bonchev–Trinajstić information content (AvgIpc) is 1.67. The summed E-state index contributed by atoms with van der Waals surface area (Å²) in [5.74, 6) is 0. The molecule has 2 heteroatoms. The van der Waals surface area contributed by atoms with Crippen LogP contribution in [-0.4, -0.2) is 5.25 Å². The summed E-state index contributed by atoms with van der Waals surface area (Å²) >= 11 is 8.29. The molecule has 0 aliphatic heterocycles. The summed E-state index contributed by atoms with van der Waals surface area (Å²) in [6.45, 7) is 5.79. The van der Waals surface area contributed by atoms with Crippen molar-refractivity contribution >= 4 is 25.3 Å². The molecule has 0 saturated heterocycles. The fraction of sp³-hybridized carbons (Fsp3) is 0.667. The SMILES string of the molecule is C=C(S)C(S)CCC. The second-order valence-corrected chi connectivity index (χ2v) is 2.99. The van der Waals surface area contributed by atoms with Gasteiger partial charge in [-0.05, 0) is 11.3 Å². The van der Waals surface area contributed by atoms with Crippen LogP contribution in [0, 0.1) is 0 Å². The molecule has 0 spiro atoms. The number of hydrogen-bond acceptors (Lipinski definition) is 2. The van der Waals surface area contributed by atoms with Crippen molar-refractivity contribution in [3.05, 3.63) is 11.5 Å². The highest BCUT2D eigenvalue weighted by atomic mass is 32.1. The molecule has 1 atom stereocenters. The van der Waals surface area contributed by atoms with E-state index in [0.29, 0.717) is 0 Å². The van der Waals surface area contributed by atoms with Crippen LogP contribution in [0.15, 0.2) is 11.5 Å². The second-order valence-electron chi connectivity index (χ2n) is 1.80. The number of rotatable bonds is 3. The summed E-state index contributed by atoms with van der Waals surface area (Å²) in [6, 6.07) is 0. The van der Waals surface area contributed by atoms with E-state index in [0.717, 1.165) is 17.7 Å². The van der Waals surface area contributed by atoms with Crippen LogP contribution in [0.4, 0.5) is 0 Å². The molecule has 8 heavy (non-hydrogen) atoms. The van der Waals surface area contributed by atoms with E-state index in [1.165, 1.54) is 0 Å². The third-order valence-corrected chi connectivity index (χ3v) is 2.03. The number of hydrogen-bond donors (Lipinski definition) is 2. The van der Waals surface area contributed by atoms with Gasteiger partial charge in [0.2, 0.25) is 0 Å². The van der Waals surface area contributed by atoms with Crippen molar-refractivity contribution in [1.82, 2.24) is 0 Å². The largest absolute Gasteiger partial charge is 0.171 e. The summed E-state index contributed by atoms with van der Waals surface area (Å²) < 4.78 is 0. The maximum Gasteiger partial charge on any atom is 0.0318 e. The molecule has 0 saturated carbocycles. The van der Waals surface area contributed by atoms with Gasteiger partial charge in [0.1, 0.15) is 0 Å². The van der Waals surface area contributed by atoms with Gasteiger partial charge in [0.25, 0.3) is 0 Å². The molecule has 0 heterocycles. The normalized spacial score (nSPS) is 13.4. The molecule has 0 fully saturated rings. The topological polar surface area (TPSA) is 0 Å². The van der Waals surface area contributed by atoms with Crippen molar-refractivity contribution in [3.63, 3.8) is 0 Å². The lowest BCUT2D eigenvalue weighted by Gasteiger charge is -2.05. The first-order valence-corrected chi connectivity index (χ1v) is 3.70. The van der Waals surface area contributed by atoms with Crippen molar-refractivity contribution in [1.29, 1.82) is 0 Å². The van der Waals surface area contributed by atoms with Gasteiger partial charge in [0, 0.05) is 5.25 Å². The lowest BCUT2D eigenvalue weighted by atomic mass is 10.2. The minimum atomic E-state index is 0.281. The van der Waals surface area contributed by atoms with Gasteiger partial charge in [-0.1, -0.05) is 19.9 Å². The monoisotopic (exact) mass is 148 g/mol. The van der Waals surface area contributed by atoms with Crippen LogP contribution in [0.25, 0.3) is 0 Å². The van der Waals surface area contributed by atoms with Crippen LogP contribution in [0.1, 0.15) is 19.8 Å². The Hall–Kier alpha value is 0.440. The van der Waals surface area contributed by atoms with E-state index in [1.807, 2.05) is 0 Å². The van der Waals surface area contributed by atoms with Gasteiger partial charge >= 0.3 is 0 Å². The quantitative estimate of drug-likeness (QED) is 0.565. The Morgan fingerprint density at radius 2 is 2.25 bits per heavy atom. The summed E-state index contributed by atoms with van der Waals surface area (Å²) in [4.78, 5) is 0.871. The van der Waals surface area contributed by atoms with Gasteiger partial charge in [-0.3, -0.25) is 0 Å². The van der Waals surface area contributed by atoms with Crippen LogP contribution in [0.5, 0.6) is 0 Å². The van der Waals surface area contributed by atoms with Gasteiger partial charge in [-0.2, -0.15) is 12.6 Å². The van der Waals surface area contributed by atoms with E-state index in [9.17, 15) is 0 Å². The van der Waals surface area contributed by atoms with Crippen LogP contribution >= 0.6 is 25.3 Å². The van der Waals surface area contributed by atoms with E-state index in [4.69, 9.17) is 0 Å². The standard InChI is InChI=1S/C6H12S2/c1-3-4-6(8)5(2)7/h6-8H,2-4H2,1H3. The molecule has 0 aromatic carbocycles. The zero-order valence-electron chi connectivity index (χ0n) is 5.09. The molecule has 0 aliphatic rings. The van der Waals surface area contributed by atoms with E-state index in [-0.39, 0.29) is 5.25 Å². The first-order chi connectivity index (χ1) is 3.68. The van der Waals surface area contributed by atoms with Crippen LogP contribution < -0.4 is 0 Å². The number of thiol groups is 2. The molecule has 1 unspecified atom stereocenters. The summed E-state index contributed by atoms with van der Waals surface area (Å²) in [5.41, 5.74) is 0. The third-order valence-electron chi connectivity index (χ3n) is 0.947. The molecule has 48 valence electrons. The molecular weight excluding hydrogens is 136 g/mol. The van der Waals surface area contributed by atoms with Crippen molar-refractivity contribution in [2.45, 2.75) is 25.0 Å². The fourth-order valence-electron chi connectivity index (χ4n) is 0.440. The van der Waals surface area contributed by atoms with E-state index in [1.54, 1.807) is 0 Å². The third kappa shape index (κ3) is 3.44. The molecular formula is C6H12S2. The molecule has 0 aromatic heterocycles. The van der Waals surface area contributed by atoms with Crippen LogP contribution in [-0.2, 0) is 0 Å². The Kier molecular flexibility index (Phi) is 4.57. The first kappa shape index (κ1) is 8.44. The smallest absolute Gasteiger partial charge is 0.0318 e. The Labute approximate surface area is 62.2 Å². The van der Waals surface area contributed by atoms with Gasteiger partial charge in [-0.25, -0.2) is 0 Å². The predicted octanol–water partition coefficient (Wildman–Crippen LogP) is 2.53. The zero-order chi connectivity index (χ0) is 6.57. The van der Waals surface area contributed by atoms with Gasteiger partial charge in [0.15, 0.2) is 0 Å². The Bertz CT molecular complexity index is 78.6. The lowest BCUT2D eigenvalue weighted by molar-refractivity contribution is 0.827. The highest BCUT2D eigenvalue weighted by molar-refractivity contribution is 7.88. The predicted molar refractivity (Wildman–Crippen MR) is 45.8 cm³/mol. The molecule has 0 aliphatic carbocycles. The molecule has 0 nitrogen and oxygen atoms in total. The molecule has 0 N–H and O–H groups in total. The fourth-order valence-corrected chi connectivity index (χ4v) is 0.827. The maximum absolute atomic E-state index is 4.23. The lowest BCUT2D eigenvalue weighted by Crippen LogP contribution is -1.95. The molecule has 0 bridgehead atoms. The second kappa shape index (κ2) is 4.33. The summed E-state index contributed by atoms with van der Waals surface area (Å²) in [6.07, 6.45) is 2.22. The highest BCUT2D eigenvalue weighted by Gasteiger charge is 1.99. The molecule has 0 radical (unpaired) electrons. The van der Waals surface area contributed by atoms with E-state index >= 15 is 0 Å². The summed E-state index contributed by atoms with van der Waals surface area (Å²) in [7, 11) is 0. The Morgan fingerprint density at radius 3 is 2.38 bits per heavy atom. The Morgan fingerprint density at radius 1 is 1.75 bits per heavy atom. The average molecular weight is 148 g/mol. The highest BCUT2D eigenvalue weighted by Crippen LogP contribution is 2.15. The molecule has 0 rings (SSSR count). The molecule has 0 aromatic rings. The minimum absolute atomic E-state index is 0.281.